The van der Waals surface area contributed by atoms with E-state index in [1.807, 2.05) is 25.1 Å². The van der Waals surface area contributed by atoms with Gasteiger partial charge in [0, 0.05) is 12.1 Å². The largest absolute Gasteiger partial charge is 0.497 e. The van der Waals surface area contributed by atoms with Crippen molar-refractivity contribution in [2.45, 2.75) is 25.6 Å². The van der Waals surface area contributed by atoms with Crippen LogP contribution < -0.4 is 15.1 Å². The molecule has 208 valence electrons. The van der Waals surface area contributed by atoms with Crippen LogP contribution in [0.1, 0.15) is 38.4 Å². The molecule has 0 saturated carbocycles. The highest BCUT2D eigenvalue weighted by atomic mass is 19.1. The molecule has 3 heterocycles. The Bertz CT molecular complexity index is 1970. The molecule has 8 heteroatoms. The summed E-state index contributed by atoms with van der Waals surface area (Å²) < 4.78 is 25.1. The second-order valence-corrected chi connectivity index (χ2v) is 10.6. The van der Waals surface area contributed by atoms with E-state index in [4.69, 9.17) is 9.15 Å². The summed E-state index contributed by atoms with van der Waals surface area (Å²) in [4.78, 5) is 46.5. The smallest absolute Gasteiger partial charge is 0.291 e. The van der Waals surface area contributed by atoms with Crippen LogP contribution in [0.25, 0.3) is 11.0 Å². The third-order valence-electron chi connectivity index (χ3n) is 8.14. The number of aryl methyl sites for hydroxylation is 1. The van der Waals surface area contributed by atoms with Crippen molar-refractivity contribution < 1.29 is 23.1 Å². The Morgan fingerprint density at radius 3 is 2.29 bits per heavy atom. The third-order valence-corrected chi connectivity index (χ3v) is 8.14. The van der Waals surface area contributed by atoms with E-state index in [2.05, 4.69) is 0 Å². The topological polar surface area (TPSA) is 80.1 Å². The first-order valence-electron chi connectivity index (χ1n) is 13.5. The number of rotatable bonds is 5. The molecule has 0 N–H and O–H groups in total. The molecule has 0 fully saturated rings. The van der Waals surface area contributed by atoms with Crippen molar-refractivity contribution in [1.82, 2.24) is 4.90 Å². The number of carbonyl (C=O) groups is 2. The molecule has 2 aliphatic rings. The molecule has 0 aliphatic carbocycles. The minimum atomic E-state index is -1.76. The Labute approximate surface area is 240 Å². The number of anilines is 1. The lowest BCUT2D eigenvalue weighted by Gasteiger charge is -2.34. The first-order valence-corrected chi connectivity index (χ1v) is 13.5. The van der Waals surface area contributed by atoms with E-state index in [9.17, 15) is 18.8 Å². The number of hydrogen-bond acceptors (Lipinski definition) is 5. The number of para-hydroxylation sites is 1. The predicted octanol–water partition coefficient (Wildman–Crippen LogP) is 5.70. The van der Waals surface area contributed by atoms with E-state index < -0.39 is 22.8 Å². The number of hydrogen-bond donors (Lipinski definition) is 0. The number of halogens is 1. The molecule has 7 rings (SSSR count). The third kappa shape index (κ3) is 3.61. The monoisotopic (exact) mass is 560 g/mol. The summed E-state index contributed by atoms with van der Waals surface area (Å²) in [7, 11) is 1.57. The summed E-state index contributed by atoms with van der Waals surface area (Å²) in [5.41, 5.74) is 1.47. The van der Waals surface area contributed by atoms with Gasteiger partial charge in [0.05, 0.1) is 30.3 Å². The number of ether oxygens (including phenoxy) is 1. The van der Waals surface area contributed by atoms with E-state index in [1.54, 1.807) is 72.7 Å². The molecule has 0 radical (unpaired) electrons. The number of nitrogens with zero attached hydrogens (tertiary/aromatic N) is 2. The minimum absolute atomic E-state index is 0.0122. The van der Waals surface area contributed by atoms with Crippen LogP contribution in [0, 0.1) is 12.7 Å². The van der Waals surface area contributed by atoms with Crippen molar-refractivity contribution in [2.75, 3.05) is 12.0 Å². The van der Waals surface area contributed by atoms with Crippen molar-refractivity contribution in [3.8, 4) is 5.75 Å². The van der Waals surface area contributed by atoms with Gasteiger partial charge in [-0.15, -0.1) is 0 Å². The van der Waals surface area contributed by atoms with Gasteiger partial charge in [0.25, 0.3) is 11.8 Å². The van der Waals surface area contributed by atoms with Gasteiger partial charge in [-0.2, -0.15) is 0 Å². The SMILES string of the molecule is COc1ccc(CN2C(=O)c3oc4ccc(C)cc4c(=O)c3C23C(=O)N(Cc2ccc(F)cc2)c2ccccc23)cc1. The van der Waals surface area contributed by atoms with Crippen LogP contribution in [0.5, 0.6) is 5.75 Å². The molecule has 1 unspecified atom stereocenters. The Kier molecular flexibility index (Phi) is 5.76. The van der Waals surface area contributed by atoms with Crippen LogP contribution in [0.4, 0.5) is 10.1 Å². The minimum Gasteiger partial charge on any atom is -0.497 e. The molecule has 2 amide bonds. The number of fused-ring (bicyclic) bond motifs is 5. The molecule has 42 heavy (non-hydrogen) atoms. The van der Waals surface area contributed by atoms with Gasteiger partial charge >= 0.3 is 0 Å². The van der Waals surface area contributed by atoms with E-state index in [1.165, 1.54) is 17.0 Å². The Morgan fingerprint density at radius 1 is 0.857 bits per heavy atom. The van der Waals surface area contributed by atoms with Crippen LogP contribution in [0.15, 0.2) is 100 Å². The molecule has 0 bridgehead atoms. The second kappa shape index (κ2) is 9.41. The van der Waals surface area contributed by atoms with E-state index in [0.29, 0.717) is 28.0 Å². The summed E-state index contributed by atoms with van der Waals surface area (Å²) in [5.74, 6) is -0.878. The summed E-state index contributed by atoms with van der Waals surface area (Å²) in [6.07, 6.45) is 0. The van der Waals surface area contributed by atoms with Gasteiger partial charge in [0.15, 0.2) is 11.0 Å². The first kappa shape index (κ1) is 25.7. The maximum Gasteiger partial charge on any atom is 0.291 e. The molecule has 2 aliphatic heterocycles. The average molecular weight is 561 g/mol. The van der Waals surface area contributed by atoms with E-state index in [0.717, 1.165) is 11.1 Å². The van der Waals surface area contributed by atoms with Crippen molar-refractivity contribution >= 4 is 28.5 Å². The number of amides is 2. The molecule has 1 aromatic heterocycles. The summed E-state index contributed by atoms with van der Waals surface area (Å²) in [6.45, 7) is 2.02. The Hall–Kier alpha value is -5.24. The number of benzene rings is 4. The highest BCUT2D eigenvalue weighted by molar-refractivity contribution is 6.17. The molecule has 1 atom stereocenters. The molecule has 4 aromatic carbocycles. The maximum absolute atomic E-state index is 14.9. The summed E-state index contributed by atoms with van der Waals surface area (Å²) in [5, 5.41) is 0.300. The zero-order valence-corrected chi connectivity index (χ0v) is 22.9. The first-order chi connectivity index (χ1) is 20.3. The van der Waals surface area contributed by atoms with Crippen LogP contribution in [-0.4, -0.2) is 23.8 Å². The van der Waals surface area contributed by atoms with E-state index in [-0.39, 0.29) is 35.8 Å². The van der Waals surface area contributed by atoms with Crippen molar-refractivity contribution in [2.24, 2.45) is 0 Å². The normalized spacial score (nSPS) is 17.3. The van der Waals surface area contributed by atoms with Gasteiger partial charge in [0.1, 0.15) is 17.1 Å². The van der Waals surface area contributed by atoms with Crippen molar-refractivity contribution in [1.29, 1.82) is 0 Å². The predicted molar refractivity (Wildman–Crippen MR) is 155 cm³/mol. The Morgan fingerprint density at radius 2 is 1.55 bits per heavy atom. The van der Waals surface area contributed by atoms with Crippen molar-refractivity contribution in [3.63, 3.8) is 0 Å². The summed E-state index contributed by atoms with van der Waals surface area (Å²) >= 11 is 0. The lowest BCUT2D eigenvalue weighted by molar-refractivity contribution is -0.126. The van der Waals surface area contributed by atoms with E-state index >= 15 is 0 Å². The van der Waals surface area contributed by atoms with Gasteiger partial charge in [-0.05, 0) is 60.5 Å². The van der Waals surface area contributed by atoms with Gasteiger partial charge in [-0.3, -0.25) is 14.4 Å². The molecular formula is C34H25FN2O5. The molecule has 5 aromatic rings. The molecular weight excluding hydrogens is 535 g/mol. The quantitative estimate of drug-likeness (QED) is 0.276. The average Bonchev–Trinajstić information content (AvgIpc) is 3.39. The van der Waals surface area contributed by atoms with Gasteiger partial charge in [-0.25, -0.2) is 4.39 Å². The van der Waals surface area contributed by atoms with Gasteiger partial charge in [0.2, 0.25) is 5.76 Å². The fourth-order valence-corrected chi connectivity index (χ4v) is 6.17. The van der Waals surface area contributed by atoms with Crippen LogP contribution in [0.2, 0.25) is 0 Å². The fraction of sp³-hybridized carbons (Fsp3) is 0.147. The molecule has 0 saturated heterocycles. The van der Waals surface area contributed by atoms with Crippen LogP contribution >= 0.6 is 0 Å². The number of methoxy groups -OCH3 is 1. The highest BCUT2D eigenvalue weighted by Crippen LogP contribution is 2.53. The van der Waals surface area contributed by atoms with Crippen molar-refractivity contribution in [3.05, 3.63) is 141 Å². The molecule has 1 spiro atoms. The van der Waals surface area contributed by atoms with Gasteiger partial charge < -0.3 is 19.0 Å². The maximum atomic E-state index is 14.9. The summed E-state index contributed by atoms with van der Waals surface area (Å²) in [6, 6.07) is 25.5. The lowest BCUT2D eigenvalue weighted by atomic mass is 9.83. The molecule has 7 nitrogen and oxygen atoms in total. The lowest BCUT2D eigenvalue weighted by Crippen LogP contribution is -2.52. The van der Waals surface area contributed by atoms with Gasteiger partial charge in [-0.1, -0.05) is 54.1 Å². The highest BCUT2D eigenvalue weighted by Gasteiger charge is 2.65. The van der Waals surface area contributed by atoms with Crippen LogP contribution in [-0.2, 0) is 23.4 Å². The fourth-order valence-electron chi connectivity index (χ4n) is 6.17. The zero-order valence-electron chi connectivity index (χ0n) is 22.9. The number of carbonyl (C=O) groups excluding carboxylic acids is 2. The second-order valence-electron chi connectivity index (χ2n) is 10.6. The Balaban J connectivity index is 1.49. The zero-order chi connectivity index (χ0) is 29.2. The van der Waals surface area contributed by atoms with Crippen LogP contribution in [0.3, 0.4) is 0 Å². The standard InChI is InChI=1S/C34H25FN2O5/c1-20-7-16-28-25(17-20)30(38)29-31(42-28)32(39)37(19-22-10-14-24(41-2)15-11-22)34(29)26-5-3-4-6-27(26)36(33(34)40)18-21-8-12-23(35)13-9-21/h3-17H,18-19H2,1-2H3.